The van der Waals surface area contributed by atoms with E-state index in [1.807, 2.05) is 42.6 Å². The summed E-state index contributed by atoms with van der Waals surface area (Å²) in [5.41, 5.74) is 1.71. The maximum absolute atomic E-state index is 12.6. The normalized spacial score (nSPS) is 12.5. The summed E-state index contributed by atoms with van der Waals surface area (Å²) < 4.78 is 0. The SMILES string of the molecule is CC(C)[C@H](C)NC(=O)CSc1nc2scc(-c3ccccc3)c2c(=O)[nH]1. The van der Waals surface area contributed by atoms with Crippen LogP contribution in [0.5, 0.6) is 0 Å². The second-order valence-electron chi connectivity index (χ2n) is 6.46. The number of thiophene rings is 1. The summed E-state index contributed by atoms with van der Waals surface area (Å²) in [5.74, 6) is 0.540. The van der Waals surface area contributed by atoms with Crippen LogP contribution in [-0.2, 0) is 4.79 Å². The van der Waals surface area contributed by atoms with Crippen LogP contribution in [0, 0.1) is 5.92 Å². The minimum Gasteiger partial charge on any atom is -0.353 e. The van der Waals surface area contributed by atoms with Gasteiger partial charge >= 0.3 is 0 Å². The Balaban J connectivity index is 1.78. The van der Waals surface area contributed by atoms with Crippen LogP contribution in [0.4, 0.5) is 0 Å². The number of H-pyrrole nitrogens is 1. The molecule has 2 N–H and O–H groups in total. The van der Waals surface area contributed by atoms with Gasteiger partial charge in [0.25, 0.3) is 5.56 Å². The lowest BCUT2D eigenvalue weighted by Gasteiger charge is -2.16. The molecule has 0 aliphatic heterocycles. The highest BCUT2D eigenvalue weighted by molar-refractivity contribution is 7.99. The van der Waals surface area contributed by atoms with Gasteiger partial charge in [-0.3, -0.25) is 9.59 Å². The van der Waals surface area contributed by atoms with E-state index in [2.05, 4.69) is 29.1 Å². The highest BCUT2D eigenvalue weighted by atomic mass is 32.2. The number of hydrogen-bond acceptors (Lipinski definition) is 5. The number of thioether (sulfide) groups is 1. The van der Waals surface area contributed by atoms with Crippen LogP contribution in [0.25, 0.3) is 21.3 Å². The van der Waals surface area contributed by atoms with E-state index in [-0.39, 0.29) is 23.3 Å². The maximum Gasteiger partial charge on any atom is 0.260 e. The van der Waals surface area contributed by atoms with Crippen molar-refractivity contribution in [3.63, 3.8) is 0 Å². The molecule has 1 amide bonds. The third kappa shape index (κ3) is 4.16. The molecule has 7 heteroatoms. The molecule has 0 aliphatic carbocycles. The minimum atomic E-state index is -0.173. The van der Waals surface area contributed by atoms with Gasteiger partial charge in [0.1, 0.15) is 4.83 Å². The molecule has 0 spiro atoms. The van der Waals surface area contributed by atoms with Crippen molar-refractivity contribution >= 4 is 39.2 Å². The minimum absolute atomic E-state index is 0.0601. The first kappa shape index (κ1) is 18.7. The Morgan fingerprint density at radius 2 is 2.00 bits per heavy atom. The van der Waals surface area contributed by atoms with Gasteiger partial charge in [-0.05, 0) is 18.4 Å². The van der Waals surface area contributed by atoms with Crippen molar-refractivity contribution in [1.29, 1.82) is 0 Å². The largest absolute Gasteiger partial charge is 0.353 e. The highest BCUT2D eigenvalue weighted by Gasteiger charge is 2.15. The molecule has 0 aliphatic rings. The van der Waals surface area contributed by atoms with Gasteiger partial charge in [0.05, 0.1) is 11.1 Å². The molecule has 0 saturated carbocycles. The fraction of sp³-hybridized carbons (Fsp3) is 0.316. The molecular weight excluding hydrogens is 366 g/mol. The summed E-state index contributed by atoms with van der Waals surface area (Å²) in [7, 11) is 0. The fourth-order valence-corrected chi connectivity index (χ4v) is 4.10. The third-order valence-electron chi connectivity index (χ3n) is 4.24. The number of rotatable bonds is 6. The van der Waals surface area contributed by atoms with E-state index in [1.165, 1.54) is 23.1 Å². The van der Waals surface area contributed by atoms with Crippen LogP contribution in [-0.4, -0.2) is 27.7 Å². The number of benzene rings is 1. The number of amides is 1. The molecule has 5 nitrogen and oxygen atoms in total. The number of aromatic nitrogens is 2. The number of nitrogens with one attached hydrogen (secondary N) is 2. The Bertz CT molecular complexity index is 964. The van der Waals surface area contributed by atoms with E-state index in [9.17, 15) is 9.59 Å². The first-order chi connectivity index (χ1) is 12.5. The highest BCUT2D eigenvalue weighted by Crippen LogP contribution is 2.31. The van der Waals surface area contributed by atoms with Gasteiger partial charge in [0, 0.05) is 17.0 Å². The molecule has 0 fully saturated rings. The van der Waals surface area contributed by atoms with Gasteiger partial charge in [0.2, 0.25) is 5.91 Å². The van der Waals surface area contributed by atoms with Crippen molar-refractivity contribution in [3.8, 4) is 11.1 Å². The Hall–Kier alpha value is -2.12. The van der Waals surface area contributed by atoms with Gasteiger partial charge in [-0.25, -0.2) is 4.98 Å². The van der Waals surface area contributed by atoms with Crippen LogP contribution in [0.1, 0.15) is 20.8 Å². The lowest BCUT2D eigenvalue weighted by Crippen LogP contribution is -2.37. The zero-order chi connectivity index (χ0) is 18.7. The summed E-state index contributed by atoms with van der Waals surface area (Å²) in [6.45, 7) is 6.11. The maximum atomic E-state index is 12.6. The van der Waals surface area contributed by atoms with E-state index < -0.39 is 0 Å². The molecule has 136 valence electrons. The molecule has 1 aromatic carbocycles. The molecular formula is C19H21N3O2S2. The average Bonchev–Trinajstić information content (AvgIpc) is 3.05. The Kier molecular flexibility index (Phi) is 5.78. The van der Waals surface area contributed by atoms with Crippen LogP contribution in [0.15, 0.2) is 45.7 Å². The molecule has 2 aromatic heterocycles. The summed E-state index contributed by atoms with van der Waals surface area (Å²) >= 11 is 2.69. The molecule has 3 aromatic rings. The summed E-state index contributed by atoms with van der Waals surface area (Å²) in [5, 5.41) is 5.97. The van der Waals surface area contributed by atoms with Crippen LogP contribution in [0.2, 0.25) is 0 Å². The van der Waals surface area contributed by atoms with Crippen molar-refractivity contribution in [3.05, 3.63) is 46.1 Å². The topological polar surface area (TPSA) is 74.8 Å². The number of carbonyl (C=O) groups is 1. The van der Waals surface area contributed by atoms with E-state index in [0.29, 0.717) is 21.3 Å². The first-order valence-electron chi connectivity index (χ1n) is 8.45. The molecule has 0 bridgehead atoms. The lowest BCUT2D eigenvalue weighted by molar-refractivity contribution is -0.119. The number of fused-ring (bicyclic) bond motifs is 1. The fourth-order valence-electron chi connectivity index (χ4n) is 2.42. The second kappa shape index (κ2) is 8.05. The molecule has 26 heavy (non-hydrogen) atoms. The van der Waals surface area contributed by atoms with Crippen LogP contribution in [0.3, 0.4) is 0 Å². The Morgan fingerprint density at radius 3 is 2.69 bits per heavy atom. The van der Waals surface area contributed by atoms with Crippen molar-refractivity contribution in [2.75, 3.05) is 5.75 Å². The zero-order valence-corrected chi connectivity index (χ0v) is 16.5. The number of nitrogens with zero attached hydrogens (tertiary/aromatic N) is 1. The monoisotopic (exact) mass is 387 g/mol. The summed E-state index contributed by atoms with van der Waals surface area (Å²) in [6.07, 6.45) is 0. The quantitative estimate of drug-likeness (QED) is 0.497. The molecule has 0 unspecified atom stereocenters. The smallest absolute Gasteiger partial charge is 0.260 e. The Morgan fingerprint density at radius 1 is 1.27 bits per heavy atom. The van der Waals surface area contributed by atoms with Gasteiger partial charge in [0.15, 0.2) is 5.16 Å². The Labute approximate surface area is 160 Å². The summed E-state index contributed by atoms with van der Waals surface area (Å²) in [4.78, 5) is 32.6. The van der Waals surface area contributed by atoms with Crippen molar-refractivity contribution in [2.45, 2.75) is 32.0 Å². The van der Waals surface area contributed by atoms with Crippen molar-refractivity contribution in [1.82, 2.24) is 15.3 Å². The predicted molar refractivity (Wildman–Crippen MR) is 109 cm³/mol. The standard InChI is InChI=1S/C19H21N3O2S2/c1-11(2)12(3)20-15(23)10-26-19-21-17(24)16-14(9-25-18(16)22-19)13-7-5-4-6-8-13/h4-9,11-12H,10H2,1-3H3,(H,20,23)(H,21,22,24)/t12-/m0/s1. The first-order valence-corrected chi connectivity index (χ1v) is 10.3. The number of hydrogen-bond donors (Lipinski definition) is 2. The van der Waals surface area contributed by atoms with Gasteiger partial charge < -0.3 is 10.3 Å². The molecule has 2 heterocycles. The van der Waals surface area contributed by atoms with E-state index in [4.69, 9.17) is 0 Å². The average molecular weight is 388 g/mol. The predicted octanol–water partition coefficient (Wildman–Crippen LogP) is 3.90. The van der Waals surface area contributed by atoms with Gasteiger partial charge in [-0.1, -0.05) is 55.9 Å². The second-order valence-corrected chi connectivity index (χ2v) is 8.28. The lowest BCUT2D eigenvalue weighted by atomic mass is 10.1. The van der Waals surface area contributed by atoms with Crippen LogP contribution < -0.4 is 10.9 Å². The molecule has 1 atom stereocenters. The molecule has 0 saturated heterocycles. The van der Waals surface area contributed by atoms with E-state index >= 15 is 0 Å². The molecule has 3 rings (SSSR count). The van der Waals surface area contributed by atoms with Gasteiger partial charge in [-0.15, -0.1) is 11.3 Å². The molecule has 0 radical (unpaired) electrons. The van der Waals surface area contributed by atoms with Crippen molar-refractivity contribution in [2.24, 2.45) is 5.92 Å². The van der Waals surface area contributed by atoms with Crippen molar-refractivity contribution < 1.29 is 4.79 Å². The van der Waals surface area contributed by atoms with E-state index in [1.54, 1.807) is 0 Å². The van der Waals surface area contributed by atoms with Crippen LogP contribution >= 0.6 is 23.1 Å². The zero-order valence-electron chi connectivity index (χ0n) is 14.9. The van der Waals surface area contributed by atoms with E-state index in [0.717, 1.165) is 11.1 Å². The third-order valence-corrected chi connectivity index (χ3v) is 5.98. The summed E-state index contributed by atoms with van der Waals surface area (Å²) in [6, 6.07) is 9.90. The number of aromatic amines is 1. The van der Waals surface area contributed by atoms with Gasteiger partial charge in [-0.2, -0.15) is 0 Å². The number of carbonyl (C=O) groups excluding carboxylic acids is 1.